The zero-order valence-corrected chi connectivity index (χ0v) is 17.6. The second kappa shape index (κ2) is 10.3. The molecule has 2 heterocycles. The van der Waals surface area contributed by atoms with Crippen LogP contribution < -0.4 is 15.5 Å². The number of benzene rings is 1. The molecule has 0 atom stereocenters. The van der Waals surface area contributed by atoms with Crippen molar-refractivity contribution in [1.82, 2.24) is 25.1 Å². The molecule has 0 bridgehead atoms. The fourth-order valence-corrected chi connectivity index (χ4v) is 3.02. The number of hydrogen-bond donors (Lipinski definition) is 3. The summed E-state index contributed by atoms with van der Waals surface area (Å²) in [6, 6.07) is 8.16. The highest BCUT2D eigenvalue weighted by atomic mass is 16.4. The van der Waals surface area contributed by atoms with Gasteiger partial charge in [0.25, 0.3) is 0 Å². The predicted molar refractivity (Wildman–Crippen MR) is 121 cm³/mol. The Kier molecular flexibility index (Phi) is 7.28. The first kappa shape index (κ1) is 21.9. The predicted octanol–water partition coefficient (Wildman–Crippen LogP) is 3.10. The lowest BCUT2D eigenvalue weighted by atomic mass is 10.2. The van der Waals surface area contributed by atoms with E-state index in [1.165, 1.54) is 5.56 Å². The molecule has 0 aliphatic heterocycles. The molecule has 0 fully saturated rings. The highest BCUT2D eigenvalue weighted by molar-refractivity contribution is 5.72. The van der Waals surface area contributed by atoms with E-state index in [4.69, 9.17) is 5.11 Å². The number of aliphatic imine (C=N–C) groups is 1. The van der Waals surface area contributed by atoms with E-state index in [0.29, 0.717) is 36.1 Å². The summed E-state index contributed by atoms with van der Waals surface area (Å²) in [6.07, 6.45) is 5.66. The summed E-state index contributed by atoms with van der Waals surface area (Å²) in [6.45, 7) is 4.94. The van der Waals surface area contributed by atoms with Crippen LogP contribution in [-0.2, 0) is 17.9 Å². The second-order valence-electron chi connectivity index (χ2n) is 6.93. The van der Waals surface area contributed by atoms with Gasteiger partial charge in [0.1, 0.15) is 5.69 Å². The second-order valence-corrected chi connectivity index (χ2v) is 6.93. The minimum Gasteiger partial charge on any atom is -0.481 e. The number of aryl methyl sites for hydroxylation is 1. The average molecular weight is 422 g/mol. The molecule has 10 heteroatoms. The Hall–Kier alpha value is -3.79. The van der Waals surface area contributed by atoms with Crippen molar-refractivity contribution in [2.75, 3.05) is 24.3 Å². The zero-order valence-electron chi connectivity index (χ0n) is 17.6. The quantitative estimate of drug-likeness (QED) is 0.403. The molecule has 0 unspecified atom stereocenters. The van der Waals surface area contributed by atoms with Crippen LogP contribution in [0.5, 0.6) is 0 Å². The maximum absolute atomic E-state index is 10.6. The highest BCUT2D eigenvalue weighted by Gasteiger charge is 2.13. The van der Waals surface area contributed by atoms with Crippen molar-refractivity contribution in [3.63, 3.8) is 0 Å². The first-order valence-electron chi connectivity index (χ1n) is 9.82. The largest absolute Gasteiger partial charge is 0.481 e. The van der Waals surface area contributed by atoms with Gasteiger partial charge in [-0.2, -0.15) is 10.1 Å². The van der Waals surface area contributed by atoms with Gasteiger partial charge < -0.3 is 20.6 Å². The minimum absolute atomic E-state index is 0.105. The lowest BCUT2D eigenvalue weighted by Gasteiger charge is -2.20. The average Bonchev–Trinajstić information content (AvgIpc) is 3.21. The summed E-state index contributed by atoms with van der Waals surface area (Å²) < 4.78 is 1.69. The number of nitrogens with one attached hydrogen (secondary N) is 2. The van der Waals surface area contributed by atoms with Gasteiger partial charge in [-0.25, -0.2) is 4.98 Å². The Morgan fingerprint density at radius 2 is 2.06 bits per heavy atom. The van der Waals surface area contributed by atoms with E-state index < -0.39 is 5.97 Å². The molecular weight excluding hydrogens is 396 g/mol. The highest BCUT2D eigenvalue weighted by Crippen LogP contribution is 2.31. The Labute approximate surface area is 180 Å². The topological polar surface area (TPSA) is 121 Å². The van der Waals surface area contributed by atoms with E-state index in [-0.39, 0.29) is 6.42 Å². The van der Waals surface area contributed by atoms with Crippen molar-refractivity contribution < 1.29 is 9.90 Å². The number of aliphatic carboxylic acids is 1. The molecule has 0 aliphatic rings. The Bertz CT molecular complexity index is 1030. The number of anilines is 4. The van der Waals surface area contributed by atoms with Crippen LogP contribution in [0.3, 0.4) is 0 Å². The molecule has 0 amide bonds. The molecule has 0 radical (unpaired) electrons. The maximum Gasteiger partial charge on any atom is 0.303 e. The van der Waals surface area contributed by atoms with E-state index in [1.54, 1.807) is 23.3 Å². The Morgan fingerprint density at radius 1 is 1.29 bits per heavy atom. The Morgan fingerprint density at radius 3 is 2.74 bits per heavy atom. The number of aromatic nitrogens is 4. The van der Waals surface area contributed by atoms with Gasteiger partial charge in [-0.15, -0.1) is 0 Å². The van der Waals surface area contributed by atoms with E-state index in [1.807, 2.05) is 31.1 Å². The summed E-state index contributed by atoms with van der Waals surface area (Å²) in [7, 11) is 3.83. The van der Waals surface area contributed by atoms with Gasteiger partial charge in [0.05, 0.1) is 18.1 Å². The van der Waals surface area contributed by atoms with Crippen molar-refractivity contribution >= 4 is 41.5 Å². The Balaban J connectivity index is 1.75. The molecule has 0 spiro atoms. The number of carbonyl (C=O) groups is 1. The van der Waals surface area contributed by atoms with Crippen LogP contribution in [0.25, 0.3) is 0 Å². The van der Waals surface area contributed by atoms with Crippen molar-refractivity contribution in [3.05, 3.63) is 48.4 Å². The molecule has 162 valence electrons. The van der Waals surface area contributed by atoms with Gasteiger partial charge in [0, 0.05) is 38.4 Å². The summed E-state index contributed by atoms with van der Waals surface area (Å²) in [5.74, 6) is 0.192. The van der Waals surface area contributed by atoms with Gasteiger partial charge in [0.2, 0.25) is 5.95 Å². The van der Waals surface area contributed by atoms with Crippen molar-refractivity contribution in [2.24, 2.45) is 4.99 Å². The molecule has 2 aromatic heterocycles. The van der Waals surface area contributed by atoms with Crippen LogP contribution in [0, 0.1) is 0 Å². The summed E-state index contributed by atoms with van der Waals surface area (Å²) in [5, 5.41) is 19.2. The lowest BCUT2D eigenvalue weighted by molar-refractivity contribution is -0.137. The van der Waals surface area contributed by atoms with E-state index in [9.17, 15) is 4.79 Å². The molecule has 0 saturated carbocycles. The third-order valence-electron chi connectivity index (χ3n) is 4.61. The van der Waals surface area contributed by atoms with Crippen LogP contribution in [0.1, 0.15) is 18.4 Å². The molecule has 31 heavy (non-hydrogen) atoms. The van der Waals surface area contributed by atoms with E-state index in [2.05, 4.69) is 49.5 Å². The first-order valence-corrected chi connectivity index (χ1v) is 9.82. The van der Waals surface area contributed by atoms with Crippen LogP contribution >= 0.6 is 0 Å². The number of hydrogen-bond acceptors (Lipinski definition) is 8. The lowest BCUT2D eigenvalue weighted by Crippen LogP contribution is -2.13. The van der Waals surface area contributed by atoms with Gasteiger partial charge in [-0.1, -0.05) is 12.1 Å². The molecular formula is C21H26N8O2. The third kappa shape index (κ3) is 5.86. The number of nitrogens with zero attached hydrogens (tertiary/aromatic N) is 6. The monoisotopic (exact) mass is 422 g/mol. The van der Waals surface area contributed by atoms with Gasteiger partial charge in [0.15, 0.2) is 5.82 Å². The molecule has 1 aromatic carbocycles. The van der Waals surface area contributed by atoms with Crippen LogP contribution in [0.2, 0.25) is 0 Å². The molecule has 3 N–H and O–H groups in total. The number of rotatable bonds is 11. The summed E-state index contributed by atoms with van der Waals surface area (Å²) in [5.41, 5.74) is 3.42. The van der Waals surface area contributed by atoms with Gasteiger partial charge >= 0.3 is 5.97 Å². The fourth-order valence-electron chi connectivity index (χ4n) is 3.02. The van der Waals surface area contributed by atoms with Crippen molar-refractivity contribution in [2.45, 2.75) is 25.9 Å². The van der Waals surface area contributed by atoms with Crippen molar-refractivity contribution in [3.8, 4) is 0 Å². The van der Waals surface area contributed by atoms with Crippen LogP contribution in [0.4, 0.5) is 28.8 Å². The van der Waals surface area contributed by atoms with E-state index >= 15 is 0 Å². The standard InChI is InChI=1S/C21H26N8O2/c1-22-11-15-6-8-17(9-7-15)28(3)20-18(23-2)13-24-21(27-20)26-16-12-25-29(14-16)10-4-5-19(30)31/h6-9,12-14,22H,2,4-5,10-11H2,1,3H3,(H,30,31)(H,24,26,27). The SMILES string of the molecule is C=Nc1cnc(Nc2cnn(CCCC(=O)O)c2)nc1N(C)c1ccc(CNC)cc1. The third-order valence-corrected chi connectivity index (χ3v) is 4.61. The van der Waals surface area contributed by atoms with E-state index in [0.717, 1.165) is 12.2 Å². The smallest absolute Gasteiger partial charge is 0.303 e. The molecule has 0 aliphatic carbocycles. The number of carboxylic acid groups (broad SMARTS) is 1. The summed E-state index contributed by atoms with van der Waals surface area (Å²) >= 11 is 0. The number of carboxylic acids is 1. The van der Waals surface area contributed by atoms with Crippen molar-refractivity contribution in [1.29, 1.82) is 0 Å². The minimum atomic E-state index is -0.817. The fraction of sp³-hybridized carbons (Fsp3) is 0.286. The maximum atomic E-state index is 10.6. The molecule has 3 rings (SSSR count). The zero-order chi connectivity index (χ0) is 22.2. The normalized spacial score (nSPS) is 10.6. The van der Waals surface area contributed by atoms with Crippen LogP contribution in [-0.4, -0.2) is 51.6 Å². The molecule has 10 nitrogen and oxygen atoms in total. The van der Waals surface area contributed by atoms with Gasteiger partial charge in [-0.05, 0) is 37.9 Å². The molecule has 0 saturated heterocycles. The summed E-state index contributed by atoms with van der Waals surface area (Å²) in [4.78, 5) is 25.5. The van der Waals surface area contributed by atoms with Gasteiger partial charge in [-0.3, -0.25) is 14.5 Å². The first-order chi connectivity index (χ1) is 15.0. The molecule has 3 aromatic rings. The van der Waals surface area contributed by atoms with Crippen LogP contribution in [0.15, 0.2) is 47.8 Å².